The lowest BCUT2D eigenvalue weighted by Gasteiger charge is -2.41. The van der Waals surface area contributed by atoms with Crippen molar-refractivity contribution in [1.82, 2.24) is 10.2 Å². The summed E-state index contributed by atoms with van der Waals surface area (Å²) < 4.78 is 18.0. The molecular formula is C30H39IN2O7. The number of aliphatic hydroxyl groups is 2. The van der Waals surface area contributed by atoms with Gasteiger partial charge in [-0.3, -0.25) is 9.59 Å². The molecule has 10 heteroatoms. The lowest BCUT2D eigenvalue weighted by molar-refractivity contribution is -0.139. The summed E-state index contributed by atoms with van der Waals surface area (Å²) >= 11 is 2.15. The monoisotopic (exact) mass is 666 g/mol. The summed E-state index contributed by atoms with van der Waals surface area (Å²) in [5.41, 5.74) is 1.25. The Labute approximate surface area is 249 Å². The Kier molecular flexibility index (Phi) is 12.1. The number of aliphatic hydroxyl groups excluding tert-OH is 2. The summed E-state index contributed by atoms with van der Waals surface area (Å²) in [4.78, 5) is 28.3. The van der Waals surface area contributed by atoms with Gasteiger partial charge < -0.3 is 34.6 Å². The van der Waals surface area contributed by atoms with Crippen molar-refractivity contribution >= 4 is 34.4 Å². The third-order valence-electron chi connectivity index (χ3n) is 6.73. The number of nitrogens with one attached hydrogen (secondary N) is 1. The molecule has 0 radical (unpaired) electrons. The summed E-state index contributed by atoms with van der Waals surface area (Å²) in [6.07, 6.45) is 0.539. The van der Waals surface area contributed by atoms with Crippen LogP contribution in [-0.2, 0) is 16.0 Å². The molecule has 3 rings (SSSR count). The Morgan fingerprint density at radius 3 is 2.52 bits per heavy atom. The van der Waals surface area contributed by atoms with Gasteiger partial charge in [-0.05, 0) is 76.9 Å². The number of rotatable bonds is 13. The number of halogens is 1. The number of methoxy groups -OCH3 is 2. The van der Waals surface area contributed by atoms with Gasteiger partial charge in [-0.2, -0.15) is 0 Å². The van der Waals surface area contributed by atoms with E-state index in [-0.39, 0.29) is 50.3 Å². The SMILES string of the molecule is COc1ccc(OC)c(CCN(C(=O)CC(C)C)[C@@H]2CC(C(=O)NCCO)=C[C@H](Oc3ccccc3I)[C@H]2O)c1. The van der Waals surface area contributed by atoms with Crippen LogP contribution in [0.2, 0.25) is 0 Å². The number of para-hydroxylation sites is 1. The van der Waals surface area contributed by atoms with Gasteiger partial charge in [-0.1, -0.05) is 26.0 Å². The van der Waals surface area contributed by atoms with Crippen LogP contribution < -0.4 is 19.5 Å². The Bertz CT molecular complexity index is 1190. The third kappa shape index (κ3) is 8.34. The fourth-order valence-corrected chi connectivity index (χ4v) is 5.24. The Hall–Kier alpha value is -2.83. The van der Waals surface area contributed by atoms with Gasteiger partial charge in [0.05, 0.1) is 30.4 Å². The molecular weight excluding hydrogens is 627 g/mol. The van der Waals surface area contributed by atoms with Crippen LogP contribution >= 0.6 is 22.6 Å². The van der Waals surface area contributed by atoms with E-state index in [1.807, 2.05) is 50.2 Å². The third-order valence-corrected chi connectivity index (χ3v) is 7.62. The van der Waals surface area contributed by atoms with Gasteiger partial charge in [0, 0.05) is 31.5 Å². The van der Waals surface area contributed by atoms with Crippen LogP contribution in [-0.4, -0.2) is 79.1 Å². The fourth-order valence-electron chi connectivity index (χ4n) is 4.73. The van der Waals surface area contributed by atoms with E-state index in [1.54, 1.807) is 31.3 Å². The zero-order valence-corrected chi connectivity index (χ0v) is 25.6. The molecule has 2 amide bonds. The minimum Gasteiger partial charge on any atom is -0.497 e. The number of carbonyl (C=O) groups is 2. The van der Waals surface area contributed by atoms with Crippen LogP contribution in [0.4, 0.5) is 0 Å². The maximum Gasteiger partial charge on any atom is 0.247 e. The van der Waals surface area contributed by atoms with Crippen molar-refractivity contribution < 1.29 is 34.0 Å². The highest BCUT2D eigenvalue weighted by Gasteiger charge is 2.40. The smallest absolute Gasteiger partial charge is 0.247 e. The number of nitrogens with zero attached hydrogens (tertiary/aromatic N) is 1. The molecule has 0 bridgehead atoms. The highest BCUT2D eigenvalue weighted by molar-refractivity contribution is 14.1. The molecule has 0 aromatic heterocycles. The molecule has 40 heavy (non-hydrogen) atoms. The van der Waals surface area contributed by atoms with Gasteiger partial charge >= 0.3 is 0 Å². The van der Waals surface area contributed by atoms with Crippen molar-refractivity contribution in [1.29, 1.82) is 0 Å². The van der Waals surface area contributed by atoms with Crippen LogP contribution in [0.5, 0.6) is 17.2 Å². The molecule has 3 atom stereocenters. The first-order valence-corrected chi connectivity index (χ1v) is 14.5. The van der Waals surface area contributed by atoms with Gasteiger partial charge in [-0.15, -0.1) is 0 Å². The highest BCUT2D eigenvalue weighted by atomic mass is 127. The van der Waals surface area contributed by atoms with Gasteiger partial charge in [0.1, 0.15) is 29.5 Å². The van der Waals surface area contributed by atoms with Crippen molar-refractivity contribution in [3.63, 3.8) is 0 Å². The second-order valence-corrected chi connectivity index (χ2v) is 11.2. The van der Waals surface area contributed by atoms with Crippen LogP contribution in [0.25, 0.3) is 0 Å². The summed E-state index contributed by atoms with van der Waals surface area (Å²) in [6.45, 7) is 4.12. The van der Waals surface area contributed by atoms with Gasteiger partial charge in [-0.25, -0.2) is 0 Å². The average molecular weight is 667 g/mol. The first-order chi connectivity index (χ1) is 19.2. The molecule has 9 nitrogen and oxygen atoms in total. The van der Waals surface area contributed by atoms with Crippen LogP contribution in [0.1, 0.15) is 32.3 Å². The quantitative estimate of drug-likeness (QED) is 0.281. The molecule has 0 aliphatic heterocycles. The van der Waals surface area contributed by atoms with E-state index < -0.39 is 18.2 Å². The summed E-state index contributed by atoms with van der Waals surface area (Å²) in [5, 5.41) is 23.5. The lowest BCUT2D eigenvalue weighted by atomic mass is 9.87. The molecule has 0 heterocycles. The van der Waals surface area contributed by atoms with Crippen molar-refractivity contribution in [3.8, 4) is 17.2 Å². The number of amides is 2. The van der Waals surface area contributed by atoms with Crippen molar-refractivity contribution in [3.05, 3.63) is 63.2 Å². The predicted molar refractivity (Wildman–Crippen MR) is 161 cm³/mol. The van der Waals surface area contributed by atoms with E-state index >= 15 is 0 Å². The average Bonchev–Trinajstić information content (AvgIpc) is 2.94. The van der Waals surface area contributed by atoms with Crippen LogP contribution in [0, 0.1) is 9.49 Å². The Balaban J connectivity index is 1.97. The second-order valence-electron chi connectivity index (χ2n) is 10.1. The molecule has 0 saturated carbocycles. The minimum absolute atomic E-state index is 0.0944. The van der Waals surface area contributed by atoms with Gasteiger partial charge in [0.25, 0.3) is 0 Å². The Morgan fingerprint density at radius 1 is 1.12 bits per heavy atom. The standard InChI is InChI=1S/C30H39IN2O7/c1-19(2)15-28(35)33(13-11-20-16-22(38-3)9-10-25(20)39-4)24-17-21(30(37)32-12-14-34)18-27(29(24)36)40-26-8-6-5-7-23(26)31/h5-10,16,18-19,24,27,29,34,36H,11-15,17H2,1-4H3,(H,32,37)/t24-,27+,29+/m1/s1. The zero-order valence-electron chi connectivity index (χ0n) is 23.4. The molecule has 218 valence electrons. The fraction of sp³-hybridized carbons (Fsp3) is 0.467. The molecule has 2 aromatic rings. The molecule has 1 aliphatic carbocycles. The topological polar surface area (TPSA) is 118 Å². The zero-order chi connectivity index (χ0) is 29.2. The van der Waals surface area contributed by atoms with E-state index in [0.29, 0.717) is 29.2 Å². The van der Waals surface area contributed by atoms with Crippen molar-refractivity contribution in [2.24, 2.45) is 5.92 Å². The molecule has 2 aromatic carbocycles. The normalized spacial score (nSPS) is 18.6. The van der Waals surface area contributed by atoms with Crippen molar-refractivity contribution in [2.75, 3.05) is 33.9 Å². The van der Waals surface area contributed by atoms with Gasteiger partial charge in [0.15, 0.2) is 0 Å². The molecule has 0 spiro atoms. The first-order valence-electron chi connectivity index (χ1n) is 13.4. The maximum absolute atomic E-state index is 13.6. The van der Waals surface area contributed by atoms with E-state index in [9.17, 15) is 19.8 Å². The van der Waals surface area contributed by atoms with E-state index in [1.165, 1.54) is 0 Å². The summed E-state index contributed by atoms with van der Waals surface area (Å²) in [5.74, 6) is 1.53. The predicted octanol–water partition coefficient (Wildman–Crippen LogP) is 3.34. The Morgan fingerprint density at radius 2 is 1.88 bits per heavy atom. The summed E-state index contributed by atoms with van der Waals surface area (Å²) in [6, 6.07) is 12.2. The second kappa shape index (κ2) is 15.2. The largest absolute Gasteiger partial charge is 0.497 e. The molecule has 0 saturated heterocycles. The molecule has 0 unspecified atom stereocenters. The van der Waals surface area contributed by atoms with E-state index in [2.05, 4.69) is 27.9 Å². The van der Waals surface area contributed by atoms with Crippen molar-refractivity contribution in [2.45, 2.75) is 51.4 Å². The van der Waals surface area contributed by atoms with Crippen LogP contribution in [0.3, 0.4) is 0 Å². The number of ether oxygens (including phenoxy) is 3. The lowest BCUT2D eigenvalue weighted by Crippen LogP contribution is -2.55. The number of hydrogen-bond acceptors (Lipinski definition) is 7. The highest BCUT2D eigenvalue weighted by Crippen LogP contribution is 2.31. The van der Waals surface area contributed by atoms with E-state index in [4.69, 9.17) is 14.2 Å². The van der Waals surface area contributed by atoms with E-state index in [0.717, 1.165) is 9.13 Å². The maximum atomic E-state index is 13.6. The molecule has 1 aliphatic rings. The van der Waals surface area contributed by atoms with Gasteiger partial charge in [0.2, 0.25) is 11.8 Å². The number of hydrogen-bond donors (Lipinski definition) is 3. The molecule has 3 N–H and O–H groups in total. The minimum atomic E-state index is -1.09. The summed E-state index contributed by atoms with van der Waals surface area (Å²) in [7, 11) is 3.18. The van der Waals surface area contributed by atoms with Crippen LogP contribution in [0.15, 0.2) is 54.1 Å². The number of carbonyl (C=O) groups excluding carboxylic acids is 2. The number of benzene rings is 2. The first kappa shape index (κ1) is 31.7. The molecule has 0 fully saturated rings.